The summed E-state index contributed by atoms with van der Waals surface area (Å²) in [5.41, 5.74) is 0.876. The van der Waals surface area contributed by atoms with Crippen molar-refractivity contribution < 1.29 is 14.7 Å². The van der Waals surface area contributed by atoms with E-state index in [9.17, 15) is 9.59 Å². The lowest BCUT2D eigenvalue weighted by molar-refractivity contribution is -0.131. The average molecular weight is 273 g/mol. The van der Waals surface area contributed by atoms with Crippen LogP contribution in [0.1, 0.15) is 29.4 Å². The van der Waals surface area contributed by atoms with Crippen molar-refractivity contribution in [2.24, 2.45) is 0 Å². The van der Waals surface area contributed by atoms with Crippen LogP contribution >= 0.6 is 0 Å². The number of carbonyl (C=O) groups excluding carboxylic acids is 1. The summed E-state index contributed by atoms with van der Waals surface area (Å²) in [6.07, 6.45) is 4.12. The van der Waals surface area contributed by atoms with Gasteiger partial charge in [0, 0.05) is 25.4 Å². The van der Waals surface area contributed by atoms with E-state index >= 15 is 0 Å². The number of carboxylic acid groups (broad SMARTS) is 1. The van der Waals surface area contributed by atoms with E-state index in [1.807, 2.05) is 13.0 Å². The second kappa shape index (κ2) is 7.69. The molecule has 0 fully saturated rings. The summed E-state index contributed by atoms with van der Waals surface area (Å²) in [6, 6.07) is 5.16. The number of amides is 1. The number of aromatic nitrogens is 1. The Morgan fingerprint density at radius 1 is 1.50 bits per heavy atom. The number of hydrogen-bond donors (Lipinski definition) is 1. The lowest BCUT2D eigenvalue weighted by atomic mass is 10.2. The van der Waals surface area contributed by atoms with Gasteiger partial charge < -0.3 is 10.0 Å². The summed E-state index contributed by atoms with van der Waals surface area (Å²) in [5.74, 6) is -1.28. The molecule has 20 heavy (non-hydrogen) atoms. The number of nitriles is 1. The predicted molar refractivity (Wildman–Crippen MR) is 72.7 cm³/mol. The van der Waals surface area contributed by atoms with Crippen molar-refractivity contribution in [3.05, 3.63) is 35.7 Å². The zero-order valence-electron chi connectivity index (χ0n) is 11.1. The molecule has 1 aromatic heterocycles. The largest absolute Gasteiger partial charge is 0.478 e. The monoisotopic (exact) mass is 273 g/mol. The minimum Gasteiger partial charge on any atom is -0.478 e. The highest BCUT2D eigenvalue weighted by molar-refractivity contribution is 5.92. The maximum Gasteiger partial charge on any atom is 0.328 e. The van der Waals surface area contributed by atoms with Crippen LogP contribution in [0.2, 0.25) is 0 Å². The van der Waals surface area contributed by atoms with E-state index in [-0.39, 0.29) is 18.0 Å². The summed E-state index contributed by atoms with van der Waals surface area (Å²) in [4.78, 5) is 28.0. The molecule has 0 spiro atoms. The smallest absolute Gasteiger partial charge is 0.328 e. The third kappa shape index (κ3) is 4.53. The Hall–Kier alpha value is -2.68. The van der Waals surface area contributed by atoms with Crippen LogP contribution in [0.4, 0.5) is 0 Å². The maximum absolute atomic E-state index is 12.1. The molecule has 0 aliphatic carbocycles. The van der Waals surface area contributed by atoms with Crippen LogP contribution in [0.3, 0.4) is 0 Å². The fraction of sp³-hybridized carbons (Fsp3) is 0.286. The van der Waals surface area contributed by atoms with Crippen molar-refractivity contribution in [2.45, 2.75) is 13.3 Å². The third-order valence-electron chi connectivity index (χ3n) is 2.59. The summed E-state index contributed by atoms with van der Waals surface area (Å²) < 4.78 is 0. The predicted octanol–water partition coefficient (Wildman–Crippen LogP) is 1.56. The van der Waals surface area contributed by atoms with Crippen LogP contribution < -0.4 is 0 Å². The van der Waals surface area contributed by atoms with Gasteiger partial charge in [0.25, 0.3) is 5.91 Å². The van der Waals surface area contributed by atoms with Crippen LogP contribution in [0.5, 0.6) is 0 Å². The van der Waals surface area contributed by atoms with Crippen LogP contribution in [-0.2, 0) is 4.79 Å². The summed E-state index contributed by atoms with van der Waals surface area (Å²) in [5, 5.41) is 17.1. The van der Waals surface area contributed by atoms with E-state index in [0.29, 0.717) is 18.7 Å². The number of carbonyl (C=O) groups is 2. The molecule has 1 heterocycles. The molecule has 1 N–H and O–H groups in total. The van der Waals surface area contributed by atoms with Crippen molar-refractivity contribution in [1.29, 1.82) is 5.26 Å². The van der Waals surface area contributed by atoms with Gasteiger partial charge in [-0.3, -0.25) is 9.78 Å². The molecule has 0 bridgehead atoms. The first-order chi connectivity index (χ1) is 9.58. The molecule has 0 atom stereocenters. The molecule has 104 valence electrons. The molecular weight excluding hydrogens is 258 g/mol. The first-order valence-corrected chi connectivity index (χ1v) is 6.11. The minimum atomic E-state index is -1.04. The second-order valence-corrected chi connectivity index (χ2v) is 3.94. The number of carboxylic acids is 1. The van der Waals surface area contributed by atoms with Gasteiger partial charge in [-0.1, -0.05) is 6.07 Å². The van der Waals surface area contributed by atoms with Gasteiger partial charge >= 0.3 is 5.97 Å². The van der Waals surface area contributed by atoms with Crippen molar-refractivity contribution in [1.82, 2.24) is 9.88 Å². The van der Waals surface area contributed by atoms with Crippen molar-refractivity contribution in [3.8, 4) is 6.07 Å². The zero-order chi connectivity index (χ0) is 15.0. The Balaban J connectivity index is 2.79. The van der Waals surface area contributed by atoms with Gasteiger partial charge in [0.2, 0.25) is 0 Å². The number of rotatable bonds is 6. The highest BCUT2D eigenvalue weighted by Crippen LogP contribution is 2.06. The molecule has 1 amide bonds. The normalized spacial score (nSPS) is 10.2. The number of hydrogen-bond acceptors (Lipinski definition) is 4. The van der Waals surface area contributed by atoms with Crippen molar-refractivity contribution in [3.63, 3.8) is 0 Å². The standard InChI is InChI=1S/C14H15N3O3/c1-2-17(9-3-8-15)14(20)12-6-4-11(10-16-12)5-7-13(18)19/h4-7,10H,2-3,9H2,1H3,(H,18,19). The molecule has 0 unspecified atom stereocenters. The van der Waals surface area contributed by atoms with E-state index in [0.717, 1.165) is 6.08 Å². The van der Waals surface area contributed by atoms with Crippen LogP contribution in [0.25, 0.3) is 6.08 Å². The fourth-order valence-corrected chi connectivity index (χ4v) is 1.55. The van der Waals surface area contributed by atoms with Gasteiger partial charge in [-0.05, 0) is 24.6 Å². The quantitative estimate of drug-likeness (QED) is 0.793. The SMILES string of the molecule is CCN(CCC#N)C(=O)c1ccc(C=CC(=O)O)cn1. The number of nitrogens with zero attached hydrogens (tertiary/aromatic N) is 3. The van der Waals surface area contributed by atoms with Gasteiger partial charge in [-0.15, -0.1) is 0 Å². The molecule has 0 aliphatic heterocycles. The van der Waals surface area contributed by atoms with Gasteiger partial charge in [-0.2, -0.15) is 5.26 Å². The van der Waals surface area contributed by atoms with Gasteiger partial charge in [0.1, 0.15) is 5.69 Å². The topological polar surface area (TPSA) is 94.3 Å². The van der Waals surface area contributed by atoms with Gasteiger partial charge in [-0.25, -0.2) is 4.79 Å². The van der Waals surface area contributed by atoms with Crippen LogP contribution in [0.15, 0.2) is 24.4 Å². The van der Waals surface area contributed by atoms with E-state index in [1.165, 1.54) is 17.2 Å². The first kappa shape index (κ1) is 15.4. The van der Waals surface area contributed by atoms with E-state index in [4.69, 9.17) is 10.4 Å². The van der Waals surface area contributed by atoms with E-state index in [1.54, 1.807) is 12.1 Å². The summed E-state index contributed by atoms with van der Waals surface area (Å²) in [7, 11) is 0. The molecule has 0 aromatic carbocycles. The molecule has 0 saturated heterocycles. The molecule has 1 aromatic rings. The Labute approximate surface area is 117 Å². The molecule has 0 saturated carbocycles. The molecule has 6 heteroatoms. The third-order valence-corrected chi connectivity index (χ3v) is 2.59. The van der Waals surface area contributed by atoms with Crippen molar-refractivity contribution >= 4 is 18.0 Å². The lowest BCUT2D eigenvalue weighted by Crippen LogP contribution is -2.32. The Morgan fingerprint density at radius 3 is 2.75 bits per heavy atom. The minimum absolute atomic E-state index is 0.239. The molecule has 1 rings (SSSR count). The Morgan fingerprint density at radius 2 is 2.25 bits per heavy atom. The molecular formula is C14H15N3O3. The van der Waals surface area contributed by atoms with Crippen molar-refractivity contribution in [2.75, 3.05) is 13.1 Å². The first-order valence-electron chi connectivity index (χ1n) is 6.11. The molecule has 6 nitrogen and oxygen atoms in total. The van der Waals surface area contributed by atoms with E-state index < -0.39 is 5.97 Å². The van der Waals surface area contributed by atoms with Gasteiger partial charge in [0.15, 0.2) is 0 Å². The van der Waals surface area contributed by atoms with E-state index in [2.05, 4.69) is 4.98 Å². The Kier molecular flexibility index (Phi) is 5.91. The average Bonchev–Trinajstić information content (AvgIpc) is 2.46. The van der Waals surface area contributed by atoms with Crippen LogP contribution in [0, 0.1) is 11.3 Å². The molecule has 0 radical (unpaired) electrons. The van der Waals surface area contributed by atoms with Gasteiger partial charge in [0.05, 0.1) is 12.5 Å². The number of aliphatic carboxylic acids is 1. The fourth-order valence-electron chi connectivity index (χ4n) is 1.55. The summed E-state index contributed by atoms with van der Waals surface area (Å²) >= 11 is 0. The highest BCUT2D eigenvalue weighted by atomic mass is 16.4. The summed E-state index contributed by atoms with van der Waals surface area (Å²) in [6.45, 7) is 2.70. The highest BCUT2D eigenvalue weighted by Gasteiger charge is 2.14. The molecule has 0 aliphatic rings. The lowest BCUT2D eigenvalue weighted by Gasteiger charge is -2.18. The second-order valence-electron chi connectivity index (χ2n) is 3.94. The Bertz CT molecular complexity index is 544. The number of pyridine rings is 1. The van der Waals surface area contributed by atoms with Crippen LogP contribution in [-0.4, -0.2) is 40.0 Å². The zero-order valence-corrected chi connectivity index (χ0v) is 11.1. The maximum atomic E-state index is 12.1.